The highest BCUT2D eigenvalue weighted by Gasteiger charge is 2.14. The molecule has 11 heavy (non-hydrogen) atoms. The SMILES string of the molecule is COP(=S)(OC)SCCC#N. The van der Waals surface area contributed by atoms with Crippen LogP contribution in [0.2, 0.25) is 0 Å². The van der Waals surface area contributed by atoms with E-state index in [0.29, 0.717) is 12.2 Å². The predicted octanol–water partition coefficient (Wildman–Crippen LogP) is 2.15. The van der Waals surface area contributed by atoms with E-state index >= 15 is 0 Å². The summed E-state index contributed by atoms with van der Waals surface area (Å²) in [7, 11) is 3.06. The first kappa shape index (κ1) is 11.4. The summed E-state index contributed by atoms with van der Waals surface area (Å²) < 4.78 is 9.98. The average molecular weight is 211 g/mol. The van der Waals surface area contributed by atoms with Gasteiger partial charge in [-0.05, 0) is 11.8 Å². The Balaban J connectivity index is 3.72. The third-order valence-corrected chi connectivity index (χ3v) is 6.74. The monoisotopic (exact) mass is 211 g/mol. The van der Waals surface area contributed by atoms with E-state index in [0.717, 1.165) is 0 Å². The van der Waals surface area contributed by atoms with Crippen molar-refractivity contribution in [1.82, 2.24) is 0 Å². The maximum atomic E-state index is 8.24. The highest BCUT2D eigenvalue weighted by molar-refractivity contribution is 8.67. The van der Waals surface area contributed by atoms with Crippen molar-refractivity contribution in [1.29, 1.82) is 5.26 Å². The Morgan fingerprint density at radius 3 is 2.45 bits per heavy atom. The van der Waals surface area contributed by atoms with Crippen LogP contribution in [0.25, 0.3) is 0 Å². The van der Waals surface area contributed by atoms with Gasteiger partial charge in [0.2, 0.25) is 5.69 Å². The van der Waals surface area contributed by atoms with Crippen LogP contribution in [0.15, 0.2) is 0 Å². The van der Waals surface area contributed by atoms with Crippen LogP contribution in [0.4, 0.5) is 0 Å². The molecular weight excluding hydrogens is 201 g/mol. The Labute approximate surface area is 76.0 Å². The summed E-state index contributed by atoms with van der Waals surface area (Å²) >= 11 is 6.45. The van der Waals surface area contributed by atoms with Crippen molar-refractivity contribution < 1.29 is 9.05 Å². The van der Waals surface area contributed by atoms with E-state index in [4.69, 9.17) is 26.1 Å². The number of nitriles is 1. The number of hydrogen-bond acceptors (Lipinski definition) is 5. The molecule has 0 unspecified atom stereocenters. The zero-order chi connectivity index (χ0) is 8.74. The van der Waals surface area contributed by atoms with Crippen molar-refractivity contribution in [2.24, 2.45) is 0 Å². The lowest BCUT2D eigenvalue weighted by Gasteiger charge is -2.15. The van der Waals surface area contributed by atoms with Gasteiger partial charge in [-0.25, -0.2) is 0 Å². The van der Waals surface area contributed by atoms with Crippen LogP contribution in [0, 0.1) is 11.3 Å². The van der Waals surface area contributed by atoms with Gasteiger partial charge < -0.3 is 9.05 Å². The van der Waals surface area contributed by atoms with Crippen molar-refractivity contribution in [3.8, 4) is 6.07 Å². The van der Waals surface area contributed by atoms with Gasteiger partial charge in [-0.3, -0.25) is 0 Å². The summed E-state index contributed by atoms with van der Waals surface area (Å²) in [6.45, 7) is 0. The van der Waals surface area contributed by atoms with Crippen LogP contribution in [0.3, 0.4) is 0 Å². The van der Waals surface area contributed by atoms with Crippen LogP contribution in [-0.2, 0) is 20.9 Å². The molecule has 6 heteroatoms. The molecule has 0 saturated heterocycles. The fourth-order valence-corrected chi connectivity index (χ4v) is 3.40. The van der Waals surface area contributed by atoms with Crippen LogP contribution in [0.1, 0.15) is 6.42 Å². The maximum Gasteiger partial charge on any atom is 0.246 e. The molecule has 0 aromatic carbocycles. The van der Waals surface area contributed by atoms with Gasteiger partial charge in [0, 0.05) is 26.4 Å². The second kappa shape index (κ2) is 5.99. The third-order valence-electron chi connectivity index (χ3n) is 0.910. The Bertz CT molecular complexity index is 183. The molecule has 3 nitrogen and oxygen atoms in total. The molecule has 0 aromatic rings. The maximum absolute atomic E-state index is 8.24. The molecule has 64 valence electrons. The minimum Gasteiger partial charge on any atom is -0.325 e. The van der Waals surface area contributed by atoms with Crippen molar-refractivity contribution in [2.75, 3.05) is 20.0 Å². The molecular formula is C5H10NO2PS2. The van der Waals surface area contributed by atoms with Crippen molar-refractivity contribution in [3.63, 3.8) is 0 Å². The molecule has 0 aromatic heterocycles. The molecule has 0 heterocycles. The Morgan fingerprint density at radius 2 is 2.09 bits per heavy atom. The number of rotatable bonds is 5. The van der Waals surface area contributed by atoms with Gasteiger partial charge in [0.15, 0.2) is 0 Å². The van der Waals surface area contributed by atoms with Gasteiger partial charge in [-0.2, -0.15) is 5.26 Å². The summed E-state index contributed by atoms with van der Waals surface area (Å²) in [6.07, 6.45) is 0.482. The van der Waals surface area contributed by atoms with Crippen LogP contribution >= 0.6 is 17.1 Å². The summed E-state index contributed by atoms with van der Waals surface area (Å²) in [5.74, 6) is 0.676. The summed E-state index contributed by atoms with van der Waals surface area (Å²) in [5.41, 5.74) is -2.11. The molecule has 0 aliphatic heterocycles. The first-order chi connectivity index (χ1) is 5.18. The number of nitrogens with zero attached hydrogens (tertiary/aromatic N) is 1. The van der Waals surface area contributed by atoms with E-state index in [-0.39, 0.29) is 0 Å². The molecule has 0 bridgehead atoms. The Kier molecular flexibility index (Phi) is 6.21. The predicted molar refractivity (Wildman–Crippen MR) is 51.0 cm³/mol. The summed E-state index contributed by atoms with van der Waals surface area (Å²) in [5, 5.41) is 8.24. The van der Waals surface area contributed by atoms with E-state index < -0.39 is 5.69 Å². The van der Waals surface area contributed by atoms with E-state index in [1.54, 1.807) is 0 Å². The zero-order valence-corrected chi connectivity index (χ0v) is 8.97. The average Bonchev–Trinajstić information content (AvgIpc) is 2.05. The van der Waals surface area contributed by atoms with Gasteiger partial charge in [-0.15, -0.1) is 0 Å². The highest BCUT2D eigenvalue weighted by atomic mass is 32.9. The highest BCUT2D eigenvalue weighted by Crippen LogP contribution is 2.59. The van der Waals surface area contributed by atoms with Crippen molar-refractivity contribution in [2.45, 2.75) is 6.42 Å². The van der Waals surface area contributed by atoms with Gasteiger partial charge in [0.1, 0.15) is 0 Å². The standard InChI is InChI=1S/C5H10NO2PS2/c1-7-9(10,8-2)11-5-3-4-6/h3,5H2,1-2H3. The second-order valence-corrected chi connectivity index (χ2v) is 8.20. The first-order valence-electron chi connectivity index (χ1n) is 2.91. The van der Waals surface area contributed by atoms with E-state index in [1.165, 1.54) is 25.6 Å². The number of hydrogen-bond donors (Lipinski definition) is 0. The molecule has 0 aliphatic rings. The summed E-state index contributed by atoms with van der Waals surface area (Å²) in [4.78, 5) is 0. The lowest BCUT2D eigenvalue weighted by Crippen LogP contribution is -1.84. The van der Waals surface area contributed by atoms with Crippen LogP contribution in [-0.4, -0.2) is 20.0 Å². The first-order valence-corrected chi connectivity index (χ1v) is 7.14. The quantitative estimate of drug-likeness (QED) is 0.515. The topological polar surface area (TPSA) is 42.2 Å². The molecule has 0 fully saturated rings. The van der Waals surface area contributed by atoms with Crippen LogP contribution in [0.5, 0.6) is 0 Å². The molecule has 0 radical (unpaired) electrons. The summed E-state index contributed by atoms with van der Waals surface area (Å²) in [6, 6.07) is 2.03. The lowest BCUT2D eigenvalue weighted by atomic mass is 10.6. The minimum atomic E-state index is -2.11. The third kappa shape index (κ3) is 4.78. The van der Waals surface area contributed by atoms with Crippen LogP contribution < -0.4 is 0 Å². The normalized spacial score (nSPS) is 11.0. The second-order valence-electron chi connectivity index (χ2n) is 1.55. The zero-order valence-electron chi connectivity index (χ0n) is 6.44. The fourth-order valence-electron chi connectivity index (χ4n) is 0.383. The minimum absolute atomic E-state index is 0.482. The van der Waals surface area contributed by atoms with Gasteiger partial charge in [0.05, 0.1) is 6.07 Å². The lowest BCUT2D eigenvalue weighted by molar-refractivity contribution is 0.354. The van der Waals surface area contributed by atoms with Gasteiger partial charge in [-0.1, -0.05) is 11.4 Å². The molecule has 0 amide bonds. The molecule has 0 saturated carbocycles. The van der Waals surface area contributed by atoms with E-state index in [1.807, 2.05) is 6.07 Å². The van der Waals surface area contributed by atoms with Gasteiger partial charge >= 0.3 is 0 Å². The molecule has 0 rings (SSSR count). The fraction of sp³-hybridized carbons (Fsp3) is 0.800. The Hall–Kier alpha value is 0.410. The van der Waals surface area contributed by atoms with Crippen molar-refractivity contribution in [3.05, 3.63) is 0 Å². The smallest absolute Gasteiger partial charge is 0.246 e. The van der Waals surface area contributed by atoms with Crippen molar-refractivity contribution >= 4 is 28.9 Å². The van der Waals surface area contributed by atoms with E-state index in [2.05, 4.69) is 0 Å². The Morgan fingerprint density at radius 1 is 1.55 bits per heavy atom. The molecule has 0 N–H and O–H groups in total. The largest absolute Gasteiger partial charge is 0.325 e. The van der Waals surface area contributed by atoms with E-state index in [9.17, 15) is 0 Å². The molecule has 0 spiro atoms. The molecule has 0 atom stereocenters. The molecule has 0 aliphatic carbocycles. The van der Waals surface area contributed by atoms with Gasteiger partial charge in [0.25, 0.3) is 0 Å².